The molecule has 7 aromatic carbocycles. The number of benzene rings is 7. The minimum Gasteiger partial charge on any atom is -0.276 e. The lowest BCUT2D eigenvalue weighted by molar-refractivity contribution is 1.15. The average Bonchev–Trinajstić information content (AvgIpc) is 3.81. The third-order valence-corrected chi connectivity index (χ3v) is 9.75. The molecule has 0 amide bonds. The van der Waals surface area contributed by atoms with Gasteiger partial charge in [-0.1, -0.05) is 103 Å². The van der Waals surface area contributed by atoms with Crippen LogP contribution in [0.3, 0.4) is 0 Å². The smallest absolute Gasteiger partial charge is 0.223 e. The molecule has 0 aliphatic carbocycles. The summed E-state index contributed by atoms with van der Waals surface area (Å²) in [5.74, 6) is 1.76. The highest BCUT2D eigenvalue weighted by atomic mass is 15.3. The summed E-state index contributed by atoms with van der Waals surface area (Å²) in [5.41, 5.74) is 13.6. The Balaban J connectivity index is 1.35. The van der Waals surface area contributed by atoms with Crippen LogP contribution < -0.4 is 0 Å². The van der Waals surface area contributed by atoms with E-state index in [-0.39, 0.29) is 0 Å². The Morgan fingerprint density at radius 1 is 0.413 bits per heavy atom. The molecule has 4 heterocycles. The quantitative estimate of drug-likeness (QED) is 0.202. The maximum Gasteiger partial charge on any atom is 0.223 e. The molecular weight excluding hydrogens is 562 g/mol. The molecule has 0 N–H and O–H groups in total. The lowest BCUT2D eigenvalue weighted by Crippen LogP contribution is -1.91. The van der Waals surface area contributed by atoms with Gasteiger partial charge in [-0.05, 0) is 87.1 Å². The fraction of sp³-hybridized carbons (Fsp3) is 0.0244. The molecule has 46 heavy (non-hydrogen) atoms. The van der Waals surface area contributed by atoms with Crippen molar-refractivity contribution in [2.75, 3.05) is 0 Å². The van der Waals surface area contributed by atoms with Crippen LogP contribution in [-0.4, -0.2) is 23.2 Å². The van der Waals surface area contributed by atoms with Crippen LogP contribution in [-0.2, 0) is 0 Å². The van der Waals surface area contributed by atoms with Crippen LogP contribution in [0.4, 0.5) is 0 Å². The van der Waals surface area contributed by atoms with Crippen molar-refractivity contribution in [3.8, 4) is 22.3 Å². The van der Waals surface area contributed by atoms with E-state index < -0.39 is 0 Å². The van der Waals surface area contributed by atoms with Gasteiger partial charge in [0.25, 0.3) is 0 Å². The van der Waals surface area contributed by atoms with Crippen LogP contribution in [0, 0.1) is 6.92 Å². The first-order valence-electron chi connectivity index (χ1n) is 15.7. The van der Waals surface area contributed by atoms with E-state index in [1.807, 2.05) is 0 Å². The Bertz CT molecular complexity index is 2870. The van der Waals surface area contributed by atoms with Gasteiger partial charge < -0.3 is 0 Å². The molecule has 0 unspecified atom stereocenters. The number of hydrogen-bond donors (Lipinski definition) is 0. The number of imidazole rings is 4. The van der Waals surface area contributed by atoms with Crippen molar-refractivity contribution in [3.63, 3.8) is 0 Å². The van der Waals surface area contributed by atoms with Gasteiger partial charge in [0.15, 0.2) is 0 Å². The molecular formula is C41H25N5. The van der Waals surface area contributed by atoms with Gasteiger partial charge >= 0.3 is 0 Å². The van der Waals surface area contributed by atoms with Crippen LogP contribution in [0.1, 0.15) is 5.56 Å². The first-order valence-corrected chi connectivity index (χ1v) is 15.7. The normalized spacial score (nSPS) is 12.5. The molecule has 4 aromatic heterocycles. The maximum atomic E-state index is 5.29. The van der Waals surface area contributed by atoms with Gasteiger partial charge in [0.05, 0.1) is 33.1 Å². The van der Waals surface area contributed by atoms with Crippen molar-refractivity contribution in [2.24, 2.45) is 0 Å². The van der Waals surface area contributed by atoms with Crippen LogP contribution in [0.2, 0.25) is 0 Å². The molecule has 0 fully saturated rings. The SMILES string of the molecule is Cc1ccc(-c2ccccc2)c(-c2cc3c4c(c2)n2c5cc6ccccc6cc5nc2n4c2nc4cc5ccccc5cc4n32)c1. The second-order valence-corrected chi connectivity index (χ2v) is 12.5. The largest absolute Gasteiger partial charge is 0.276 e. The first kappa shape index (κ1) is 24.2. The van der Waals surface area contributed by atoms with E-state index in [0.717, 1.165) is 50.2 Å². The van der Waals surface area contributed by atoms with E-state index in [1.165, 1.54) is 49.4 Å². The van der Waals surface area contributed by atoms with Crippen molar-refractivity contribution < 1.29 is 0 Å². The molecule has 0 spiro atoms. The molecule has 0 saturated carbocycles. The minimum absolute atomic E-state index is 0.879. The van der Waals surface area contributed by atoms with E-state index in [4.69, 9.17) is 9.97 Å². The number of nitrogens with zero attached hydrogens (tertiary/aromatic N) is 5. The summed E-state index contributed by atoms with van der Waals surface area (Å²) in [4.78, 5) is 10.6. The predicted molar refractivity (Wildman–Crippen MR) is 189 cm³/mol. The fourth-order valence-corrected chi connectivity index (χ4v) is 7.66. The third kappa shape index (κ3) is 3.09. The van der Waals surface area contributed by atoms with Crippen LogP contribution >= 0.6 is 0 Å². The lowest BCUT2D eigenvalue weighted by Gasteiger charge is -2.12. The van der Waals surface area contributed by atoms with Crippen molar-refractivity contribution in [2.45, 2.75) is 6.92 Å². The van der Waals surface area contributed by atoms with E-state index in [1.54, 1.807) is 0 Å². The molecule has 11 rings (SSSR count). The van der Waals surface area contributed by atoms with Gasteiger partial charge in [0.1, 0.15) is 5.52 Å². The molecule has 214 valence electrons. The van der Waals surface area contributed by atoms with Crippen molar-refractivity contribution in [3.05, 3.63) is 139 Å². The van der Waals surface area contributed by atoms with E-state index in [2.05, 4.69) is 154 Å². The van der Waals surface area contributed by atoms with Crippen molar-refractivity contribution >= 4 is 71.7 Å². The molecule has 0 radical (unpaired) electrons. The summed E-state index contributed by atoms with van der Waals surface area (Å²) in [6.45, 7) is 2.17. The predicted octanol–water partition coefficient (Wildman–Crippen LogP) is 10.1. The molecule has 0 bridgehead atoms. The Kier molecular flexibility index (Phi) is 4.46. The topological polar surface area (TPSA) is 39.0 Å². The van der Waals surface area contributed by atoms with E-state index >= 15 is 0 Å². The first-order chi connectivity index (χ1) is 22.7. The van der Waals surface area contributed by atoms with Gasteiger partial charge in [0, 0.05) is 0 Å². The summed E-state index contributed by atoms with van der Waals surface area (Å²) in [5, 5.41) is 4.79. The molecule has 5 nitrogen and oxygen atoms in total. The molecule has 0 aliphatic rings. The summed E-state index contributed by atoms with van der Waals surface area (Å²) in [7, 11) is 0. The van der Waals surface area contributed by atoms with E-state index in [9.17, 15) is 0 Å². The molecule has 0 atom stereocenters. The van der Waals surface area contributed by atoms with Gasteiger partial charge in [-0.15, -0.1) is 0 Å². The monoisotopic (exact) mass is 587 g/mol. The van der Waals surface area contributed by atoms with Crippen LogP contribution in [0.15, 0.2) is 133 Å². The van der Waals surface area contributed by atoms with Crippen LogP contribution in [0.25, 0.3) is 94.0 Å². The second kappa shape index (κ2) is 8.49. The highest BCUT2D eigenvalue weighted by molar-refractivity contribution is 6.09. The number of fused-ring (bicyclic) bond motifs is 12. The Morgan fingerprint density at radius 2 is 0.935 bits per heavy atom. The van der Waals surface area contributed by atoms with Crippen molar-refractivity contribution in [1.29, 1.82) is 0 Å². The Labute approximate surface area is 262 Å². The molecule has 0 aliphatic heterocycles. The standard InChI is InChI=1S/C41H25N5/c1-24-15-16-31(25-9-3-2-4-10-25)32(17-24)30-22-37-39-38(23-30)45-36-21-29-14-8-6-12-27(29)19-34(36)43-41(45)46(39)40-42-33-18-26-11-5-7-13-28(26)20-35(33)44(37)40/h2-23H,1H3. The third-order valence-electron chi connectivity index (χ3n) is 9.75. The van der Waals surface area contributed by atoms with Crippen LogP contribution in [0.5, 0.6) is 0 Å². The second-order valence-electron chi connectivity index (χ2n) is 12.5. The molecule has 0 saturated heterocycles. The zero-order valence-corrected chi connectivity index (χ0v) is 24.9. The van der Waals surface area contributed by atoms with Crippen molar-refractivity contribution in [1.82, 2.24) is 23.2 Å². The summed E-state index contributed by atoms with van der Waals surface area (Å²) in [6.07, 6.45) is 0. The van der Waals surface area contributed by atoms with Gasteiger partial charge in [-0.25, -0.2) is 14.4 Å². The molecule has 11 aromatic rings. The minimum atomic E-state index is 0.879. The van der Waals surface area contributed by atoms with Gasteiger partial charge in [-0.2, -0.15) is 0 Å². The van der Waals surface area contributed by atoms with E-state index in [0.29, 0.717) is 0 Å². The number of aromatic nitrogens is 5. The molecule has 5 heteroatoms. The van der Waals surface area contributed by atoms with Gasteiger partial charge in [0.2, 0.25) is 11.6 Å². The maximum absolute atomic E-state index is 5.29. The number of hydrogen-bond acceptors (Lipinski definition) is 2. The summed E-state index contributed by atoms with van der Waals surface area (Å²) < 4.78 is 6.93. The number of rotatable bonds is 2. The van der Waals surface area contributed by atoms with Gasteiger partial charge in [-0.3, -0.25) is 8.80 Å². The highest BCUT2D eigenvalue weighted by Crippen LogP contribution is 2.41. The highest BCUT2D eigenvalue weighted by Gasteiger charge is 2.25. The summed E-state index contributed by atoms with van der Waals surface area (Å²) >= 11 is 0. The Hall–Kier alpha value is -6.20. The number of aryl methyl sites for hydroxylation is 1. The summed E-state index contributed by atoms with van der Waals surface area (Å²) in [6, 6.07) is 48.2. The fourth-order valence-electron chi connectivity index (χ4n) is 7.66. The average molecular weight is 588 g/mol. The zero-order chi connectivity index (χ0) is 30.1. The zero-order valence-electron chi connectivity index (χ0n) is 24.9. The Morgan fingerprint density at radius 3 is 1.50 bits per heavy atom. The lowest BCUT2D eigenvalue weighted by atomic mass is 9.92.